The molecule has 1 heterocycles. The Hall–Kier alpha value is -2.70. The first-order valence-electron chi connectivity index (χ1n) is 6.05. The number of nitrogens with zero attached hydrogens (tertiary/aromatic N) is 2. The second kappa shape index (κ2) is 7.18. The van der Waals surface area contributed by atoms with Crippen LogP contribution in [0.4, 0.5) is 8.78 Å². The van der Waals surface area contributed by atoms with E-state index >= 15 is 0 Å². The van der Waals surface area contributed by atoms with Crippen LogP contribution in [0.3, 0.4) is 0 Å². The van der Waals surface area contributed by atoms with E-state index < -0.39 is 6.61 Å². The summed E-state index contributed by atoms with van der Waals surface area (Å²) in [6.07, 6.45) is 3.19. The van der Waals surface area contributed by atoms with Crippen LogP contribution in [0.5, 0.6) is 5.75 Å². The molecule has 5 nitrogen and oxygen atoms in total. The van der Waals surface area contributed by atoms with Gasteiger partial charge in [0.25, 0.3) is 0 Å². The van der Waals surface area contributed by atoms with Gasteiger partial charge in [0, 0.05) is 18.0 Å². The maximum absolute atomic E-state index is 12.0. The molecule has 0 aliphatic carbocycles. The predicted octanol–water partition coefficient (Wildman–Crippen LogP) is 2.52. The Kier molecular flexibility index (Phi) is 5.03. The van der Waals surface area contributed by atoms with Gasteiger partial charge >= 0.3 is 6.61 Å². The molecular weight excluding hydrogens is 280 g/mol. The van der Waals surface area contributed by atoms with Crippen molar-refractivity contribution >= 4 is 5.84 Å². The molecule has 0 amide bonds. The number of ether oxygens (including phenoxy) is 1. The summed E-state index contributed by atoms with van der Waals surface area (Å²) in [7, 11) is 0. The number of nitrogens with two attached hydrogens (primary N) is 1. The summed E-state index contributed by atoms with van der Waals surface area (Å²) in [5, 5.41) is 3.76. The van der Waals surface area contributed by atoms with Crippen LogP contribution in [0, 0.1) is 0 Å². The molecule has 0 fully saturated rings. The summed E-state index contributed by atoms with van der Waals surface area (Å²) < 4.78 is 28.2. The number of benzene rings is 1. The average molecular weight is 293 g/mol. The lowest BCUT2D eigenvalue weighted by atomic mass is 10.2. The van der Waals surface area contributed by atoms with Crippen molar-refractivity contribution in [1.29, 1.82) is 0 Å². The van der Waals surface area contributed by atoms with Crippen LogP contribution in [0.2, 0.25) is 0 Å². The standard InChI is InChI=1S/C14H13F2N3O2/c15-14(16)21-12-5-3-10(4-6-12)9-20-19-13(17)11-2-1-7-18-8-11/h1-8,14H,9H2,(H2,17,19). The van der Waals surface area contributed by atoms with Crippen LogP contribution in [-0.4, -0.2) is 17.4 Å². The van der Waals surface area contributed by atoms with E-state index in [2.05, 4.69) is 14.9 Å². The minimum atomic E-state index is -2.84. The third-order valence-corrected chi connectivity index (χ3v) is 2.50. The lowest BCUT2D eigenvalue weighted by Crippen LogP contribution is -2.13. The molecule has 7 heteroatoms. The highest BCUT2D eigenvalue weighted by molar-refractivity contribution is 5.96. The van der Waals surface area contributed by atoms with Crippen molar-refractivity contribution in [2.24, 2.45) is 10.9 Å². The highest BCUT2D eigenvalue weighted by Gasteiger charge is 2.04. The highest BCUT2D eigenvalue weighted by Crippen LogP contribution is 2.15. The second-order valence-corrected chi connectivity index (χ2v) is 4.01. The molecule has 1 aromatic carbocycles. The van der Waals surface area contributed by atoms with E-state index in [1.165, 1.54) is 12.1 Å². The van der Waals surface area contributed by atoms with E-state index in [4.69, 9.17) is 10.6 Å². The summed E-state index contributed by atoms with van der Waals surface area (Å²) >= 11 is 0. The van der Waals surface area contributed by atoms with E-state index in [0.717, 1.165) is 5.56 Å². The molecule has 110 valence electrons. The fourth-order valence-corrected chi connectivity index (χ4v) is 1.51. The lowest BCUT2D eigenvalue weighted by molar-refractivity contribution is -0.0498. The molecule has 21 heavy (non-hydrogen) atoms. The molecule has 1 aromatic heterocycles. The third-order valence-electron chi connectivity index (χ3n) is 2.50. The molecule has 0 saturated carbocycles. The first kappa shape index (κ1) is 14.7. The van der Waals surface area contributed by atoms with Gasteiger partial charge in [0.05, 0.1) is 0 Å². The van der Waals surface area contributed by atoms with E-state index in [1.807, 2.05) is 0 Å². The maximum atomic E-state index is 12.0. The third kappa shape index (κ3) is 4.72. The topological polar surface area (TPSA) is 69.7 Å². The summed E-state index contributed by atoms with van der Waals surface area (Å²) in [6.45, 7) is -2.67. The fraction of sp³-hybridized carbons (Fsp3) is 0.143. The number of rotatable bonds is 6. The van der Waals surface area contributed by atoms with Crippen LogP contribution >= 0.6 is 0 Å². The van der Waals surface area contributed by atoms with Gasteiger partial charge < -0.3 is 15.3 Å². The van der Waals surface area contributed by atoms with Gasteiger partial charge in [-0.25, -0.2) is 0 Å². The summed E-state index contributed by atoms with van der Waals surface area (Å²) in [6, 6.07) is 9.56. The molecular formula is C14H13F2N3O2. The van der Waals surface area contributed by atoms with Crippen LogP contribution in [-0.2, 0) is 11.4 Å². The maximum Gasteiger partial charge on any atom is 0.387 e. The Bertz CT molecular complexity index is 589. The van der Waals surface area contributed by atoms with Crippen molar-refractivity contribution in [3.05, 3.63) is 59.9 Å². The van der Waals surface area contributed by atoms with Gasteiger partial charge in [0.2, 0.25) is 0 Å². The number of hydrogen-bond acceptors (Lipinski definition) is 4. The number of pyridine rings is 1. The molecule has 0 spiro atoms. The summed E-state index contributed by atoms with van der Waals surface area (Å²) in [4.78, 5) is 9.02. The zero-order valence-corrected chi connectivity index (χ0v) is 10.9. The Morgan fingerprint density at radius 2 is 2.00 bits per heavy atom. The van der Waals surface area contributed by atoms with Crippen molar-refractivity contribution in [1.82, 2.24) is 4.98 Å². The van der Waals surface area contributed by atoms with Crippen molar-refractivity contribution in [3.8, 4) is 5.75 Å². The number of hydrogen-bond donors (Lipinski definition) is 1. The fourth-order valence-electron chi connectivity index (χ4n) is 1.51. The Morgan fingerprint density at radius 1 is 1.24 bits per heavy atom. The summed E-state index contributed by atoms with van der Waals surface area (Å²) in [5.74, 6) is 0.299. The SMILES string of the molecule is N/C(=N\OCc1ccc(OC(F)F)cc1)c1cccnc1. The van der Waals surface area contributed by atoms with Gasteiger partial charge in [-0.05, 0) is 29.8 Å². The molecule has 2 aromatic rings. The summed E-state index contributed by atoms with van der Waals surface area (Å²) in [5.41, 5.74) is 7.12. The van der Waals surface area contributed by atoms with Crippen molar-refractivity contribution in [3.63, 3.8) is 0 Å². The minimum absolute atomic E-state index is 0.0899. The number of aromatic nitrogens is 1. The van der Waals surface area contributed by atoms with Gasteiger partial charge in [-0.3, -0.25) is 4.98 Å². The quantitative estimate of drug-likeness (QED) is 0.505. The normalized spacial score (nSPS) is 11.5. The van der Waals surface area contributed by atoms with Gasteiger partial charge in [0.15, 0.2) is 5.84 Å². The largest absolute Gasteiger partial charge is 0.435 e. The molecule has 0 saturated heterocycles. The van der Waals surface area contributed by atoms with E-state index in [1.54, 1.807) is 36.7 Å². The molecule has 0 radical (unpaired) electrons. The monoisotopic (exact) mass is 293 g/mol. The second-order valence-electron chi connectivity index (χ2n) is 4.01. The Balaban J connectivity index is 1.88. The Morgan fingerprint density at radius 3 is 2.62 bits per heavy atom. The Labute approximate surface area is 120 Å². The van der Waals surface area contributed by atoms with Gasteiger partial charge in [-0.1, -0.05) is 17.3 Å². The highest BCUT2D eigenvalue weighted by atomic mass is 19.3. The van der Waals surface area contributed by atoms with Gasteiger partial charge in [-0.15, -0.1) is 0 Å². The van der Waals surface area contributed by atoms with Crippen LogP contribution < -0.4 is 10.5 Å². The zero-order chi connectivity index (χ0) is 15.1. The smallest absolute Gasteiger partial charge is 0.387 e. The number of alkyl halides is 2. The van der Waals surface area contributed by atoms with E-state index in [9.17, 15) is 8.78 Å². The van der Waals surface area contributed by atoms with Crippen LogP contribution in [0.25, 0.3) is 0 Å². The molecule has 0 unspecified atom stereocenters. The molecule has 2 N–H and O–H groups in total. The van der Waals surface area contributed by atoms with Crippen LogP contribution in [0.15, 0.2) is 53.9 Å². The molecule has 0 bridgehead atoms. The van der Waals surface area contributed by atoms with Crippen molar-refractivity contribution in [2.75, 3.05) is 0 Å². The lowest BCUT2D eigenvalue weighted by Gasteiger charge is -2.05. The minimum Gasteiger partial charge on any atom is -0.435 e. The molecule has 0 atom stereocenters. The van der Waals surface area contributed by atoms with Crippen molar-refractivity contribution in [2.45, 2.75) is 13.2 Å². The molecule has 2 rings (SSSR count). The predicted molar refractivity (Wildman–Crippen MR) is 72.8 cm³/mol. The van der Waals surface area contributed by atoms with Crippen molar-refractivity contribution < 1.29 is 18.4 Å². The van der Waals surface area contributed by atoms with Gasteiger partial charge in [-0.2, -0.15) is 8.78 Å². The van der Waals surface area contributed by atoms with Gasteiger partial charge in [0.1, 0.15) is 12.4 Å². The first-order valence-corrected chi connectivity index (χ1v) is 6.05. The van der Waals surface area contributed by atoms with E-state index in [0.29, 0.717) is 5.56 Å². The molecule has 0 aliphatic rings. The van der Waals surface area contributed by atoms with Crippen LogP contribution in [0.1, 0.15) is 11.1 Å². The number of oxime groups is 1. The number of amidine groups is 1. The average Bonchev–Trinajstić information content (AvgIpc) is 2.49. The molecule has 0 aliphatic heterocycles. The first-order chi connectivity index (χ1) is 10.1. The van der Waals surface area contributed by atoms with E-state index in [-0.39, 0.29) is 18.2 Å². The number of halogens is 2. The zero-order valence-electron chi connectivity index (χ0n) is 10.9.